The zero-order valence-corrected chi connectivity index (χ0v) is 14.0. The summed E-state index contributed by atoms with van der Waals surface area (Å²) in [6.07, 6.45) is 0.618. The molecule has 1 atom stereocenters. The van der Waals surface area contributed by atoms with Gasteiger partial charge < -0.3 is 0 Å². The monoisotopic (exact) mass is 329 g/mol. The van der Waals surface area contributed by atoms with Crippen LogP contribution in [-0.4, -0.2) is 20.7 Å². The Morgan fingerprint density at radius 1 is 1.09 bits per heavy atom. The predicted octanol–water partition coefficient (Wildman–Crippen LogP) is 3.41. The molecule has 1 heterocycles. The van der Waals surface area contributed by atoms with Crippen LogP contribution in [-0.2, 0) is 10.0 Å². The zero-order chi connectivity index (χ0) is 16.6. The molecular formula is C18H19NO3S. The molecular weight excluding hydrogens is 310 g/mol. The van der Waals surface area contributed by atoms with Gasteiger partial charge in [-0.25, -0.2) is 8.42 Å². The molecule has 0 bridgehead atoms. The van der Waals surface area contributed by atoms with Crippen LogP contribution in [0, 0.1) is 12.8 Å². The highest BCUT2D eigenvalue weighted by Crippen LogP contribution is 2.34. The van der Waals surface area contributed by atoms with E-state index in [4.69, 9.17) is 0 Å². The molecule has 1 unspecified atom stereocenters. The Morgan fingerprint density at radius 2 is 1.74 bits per heavy atom. The van der Waals surface area contributed by atoms with E-state index in [0.29, 0.717) is 17.7 Å². The van der Waals surface area contributed by atoms with E-state index in [9.17, 15) is 13.2 Å². The molecule has 0 radical (unpaired) electrons. The summed E-state index contributed by atoms with van der Waals surface area (Å²) < 4.78 is 27.5. The third kappa shape index (κ3) is 2.65. The van der Waals surface area contributed by atoms with E-state index in [1.54, 1.807) is 48.5 Å². The van der Waals surface area contributed by atoms with Gasteiger partial charge in [0, 0.05) is 18.0 Å². The van der Waals surface area contributed by atoms with Gasteiger partial charge >= 0.3 is 0 Å². The minimum Gasteiger partial charge on any atom is -0.294 e. The van der Waals surface area contributed by atoms with Crippen molar-refractivity contribution in [2.45, 2.75) is 25.2 Å². The lowest BCUT2D eigenvalue weighted by Crippen LogP contribution is -2.42. The van der Waals surface area contributed by atoms with Gasteiger partial charge in [0.15, 0.2) is 5.78 Å². The molecule has 23 heavy (non-hydrogen) atoms. The quantitative estimate of drug-likeness (QED) is 0.867. The van der Waals surface area contributed by atoms with Crippen LogP contribution in [0.2, 0.25) is 0 Å². The molecule has 2 aromatic rings. The molecule has 0 spiro atoms. The number of rotatable bonds is 3. The lowest BCUT2D eigenvalue weighted by Gasteiger charge is -2.34. The molecule has 3 rings (SSSR count). The number of hydrogen-bond donors (Lipinski definition) is 0. The van der Waals surface area contributed by atoms with Crippen molar-refractivity contribution in [3.05, 3.63) is 59.7 Å². The topological polar surface area (TPSA) is 54.5 Å². The normalized spacial score (nSPS) is 17.9. The number of carbonyl (C=O) groups is 1. The van der Waals surface area contributed by atoms with Crippen LogP contribution in [0.25, 0.3) is 0 Å². The van der Waals surface area contributed by atoms with Crippen LogP contribution in [0.3, 0.4) is 0 Å². The maximum Gasteiger partial charge on any atom is 0.264 e. The highest BCUT2D eigenvalue weighted by atomic mass is 32.2. The van der Waals surface area contributed by atoms with E-state index in [0.717, 1.165) is 5.56 Å². The molecule has 1 aliphatic heterocycles. The number of nitrogens with zero attached hydrogens (tertiary/aromatic N) is 1. The highest BCUT2D eigenvalue weighted by Gasteiger charge is 2.36. The number of benzene rings is 2. The second-order valence-corrected chi connectivity index (χ2v) is 7.70. The van der Waals surface area contributed by atoms with Crippen LogP contribution < -0.4 is 4.31 Å². The van der Waals surface area contributed by atoms with Gasteiger partial charge in [0.1, 0.15) is 0 Å². The van der Waals surface area contributed by atoms with Gasteiger partial charge in [0.2, 0.25) is 0 Å². The average Bonchev–Trinajstić information content (AvgIpc) is 2.55. The van der Waals surface area contributed by atoms with Crippen molar-refractivity contribution in [2.24, 2.45) is 5.92 Å². The number of sulfonamides is 1. The third-order valence-electron chi connectivity index (χ3n) is 4.30. The Hall–Kier alpha value is -2.14. The largest absolute Gasteiger partial charge is 0.294 e. The Balaban J connectivity index is 2.13. The van der Waals surface area contributed by atoms with Crippen molar-refractivity contribution in [3.8, 4) is 0 Å². The molecule has 4 nitrogen and oxygen atoms in total. The summed E-state index contributed by atoms with van der Waals surface area (Å²) in [4.78, 5) is 12.7. The Morgan fingerprint density at radius 3 is 2.39 bits per heavy atom. The number of hydrogen-bond acceptors (Lipinski definition) is 3. The number of carbonyl (C=O) groups excluding carboxylic acids is 1. The van der Waals surface area contributed by atoms with Crippen LogP contribution in [0.5, 0.6) is 0 Å². The van der Waals surface area contributed by atoms with Gasteiger partial charge in [-0.1, -0.05) is 36.8 Å². The van der Waals surface area contributed by atoms with Crippen molar-refractivity contribution >= 4 is 21.5 Å². The minimum absolute atomic E-state index is 0.0263. The maximum atomic E-state index is 13.0. The molecule has 0 fully saturated rings. The summed E-state index contributed by atoms with van der Waals surface area (Å²) in [5.74, 6) is -0.274. The number of ketones is 1. The van der Waals surface area contributed by atoms with E-state index in [1.807, 2.05) is 13.8 Å². The van der Waals surface area contributed by atoms with Crippen LogP contribution in [0.1, 0.15) is 29.3 Å². The average molecular weight is 329 g/mol. The van der Waals surface area contributed by atoms with Crippen LogP contribution in [0.4, 0.5) is 5.69 Å². The van der Waals surface area contributed by atoms with Gasteiger partial charge in [0.05, 0.1) is 10.6 Å². The second kappa shape index (κ2) is 5.81. The number of fused-ring (bicyclic) bond motifs is 1. The van der Waals surface area contributed by atoms with E-state index in [2.05, 4.69) is 0 Å². The summed E-state index contributed by atoms with van der Waals surface area (Å²) in [6.45, 7) is 4.02. The van der Waals surface area contributed by atoms with Crippen molar-refractivity contribution in [1.29, 1.82) is 0 Å². The Labute approximate surface area is 136 Å². The van der Waals surface area contributed by atoms with Gasteiger partial charge in [0.25, 0.3) is 10.0 Å². The Bertz CT molecular complexity index is 841. The summed E-state index contributed by atoms with van der Waals surface area (Å²) in [6, 6.07) is 13.7. The highest BCUT2D eigenvalue weighted by molar-refractivity contribution is 7.92. The molecule has 120 valence electrons. The summed E-state index contributed by atoms with van der Waals surface area (Å²) >= 11 is 0. The van der Waals surface area contributed by atoms with Crippen molar-refractivity contribution in [2.75, 3.05) is 10.8 Å². The first-order valence-corrected chi connectivity index (χ1v) is 9.12. The standard InChI is InChI=1S/C18H19NO3S/c1-3-14-12-19(17-7-5-4-6-16(17)18(14)20)23(21,22)15-10-8-13(2)9-11-15/h4-11,14H,3,12H2,1-2H3. The maximum absolute atomic E-state index is 13.0. The molecule has 2 aromatic carbocycles. The zero-order valence-electron chi connectivity index (χ0n) is 13.2. The fourth-order valence-corrected chi connectivity index (χ4v) is 4.41. The minimum atomic E-state index is -3.68. The fourth-order valence-electron chi connectivity index (χ4n) is 2.88. The van der Waals surface area contributed by atoms with E-state index in [-0.39, 0.29) is 23.1 Å². The third-order valence-corrected chi connectivity index (χ3v) is 6.09. The van der Waals surface area contributed by atoms with E-state index >= 15 is 0 Å². The molecule has 0 saturated carbocycles. The molecule has 0 amide bonds. The molecule has 0 N–H and O–H groups in total. The van der Waals surface area contributed by atoms with Gasteiger partial charge in [-0.05, 0) is 37.6 Å². The SMILES string of the molecule is CCC1CN(S(=O)(=O)c2ccc(C)cc2)c2ccccc2C1=O. The van der Waals surface area contributed by atoms with Crippen molar-refractivity contribution < 1.29 is 13.2 Å². The number of Topliss-reactive ketones (excluding diaryl/α,β-unsaturated/α-hetero) is 1. The van der Waals surface area contributed by atoms with E-state index < -0.39 is 10.0 Å². The van der Waals surface area contributed by atoms with E-state index in [1.165, 1.54) is 4.31 Å². The molecule has 5 heteroatoms. The first kappa shape index (κ1) is 15.7. The molecule has 0 aliphatic carbocycles. The first-order chi connectivity index (χ1) is 10.9. The number of para-hydroxylation sites is 1. The lowest BCUT2D eigenvalue weighted by atomic mass is 9.91. The molecule has 0 saturated heterocycles. The van der Waals surface area contributed by atoms with Gasteiger partial charge in [-0.15, -0.1) is 0 Å². The summed E-state index contributed by atoms with van der Waals surface area (Å²) in [7, 11) is -3.68. The second-order valence-electron chi connectivity index (χ2n) is 5.84. The number of aryl methyl sites for hydroxylation is 1. The molecule has 0 aromatic heterocycles. The van der Waals surface area contributed by atoms with Crippen molar-refractivity contribution in [3.63, 3.8) is 0 Å². The summed E-state index contributed by atoms with van der Waals surface area (Å²) in [5.41, 5.74) is 1.97. The lowest BCUT2D eigenvalue weighted by molar-refractivity contribution is 0.0916. The smallest absolute Gasteiger partial charge is 0.264 e. The Kier molecular flexibility index (Phi) is 3.98. The van der Waals surface area contributed by atoms with Crippen LogP contribution in [0.15, 0.2) is 53.4 Å². The van der Waals surface area contributed by atoms with Gasteiger partial charge in [-0.3, -0.25) is 9.10 Å². The van der Waals surface area contributed by atoms with Crippen molar-refractivity contribution in [1.82, 2.24) is 0 Å². The molecule has 1 aliphatic rings. The predicted molar refractivity (Wildman–Crippen MR) is 90.3 cm³/mol. The first-order valence-electron chi connectivity index (χ1n) is 7.67. The van der Waals surface area contributed by atoms with Gasteiger partial charge in [-0.2, -0.15) is 0 Å². The fraction of sp³-hybridized carbons (Fsp3) is 0.278. The van der Waals surface area contributed by atoms with Crippen LogP contribution >= 0.6 is 0 Å². The number of anilines is 1. The summed E-state index contributed by atoms with van der Waals surface area (Å²) in [5, 5.41) is 0.